The van der Waals surface area contributed by atoms with E-state index in [0.29, 0.717) is 18.8 Å². The Bertz CT molecular complexity index is 540. The van der Waals surface area contributed by atoms with Crippen molar-refractivity contribution in [2.45, 2.75) is 39.3 Å². The normalized spacial score (nSPS) is 21.8. The van der Waals surface area contributed by atoms with Gasteiger partial charge in [-0.1, -0.05) is 13.8 Å². The molecule has 1 aromatic rings. The number of carbonyl (C=O) groups excluding carboxylic acids is 1. The molecule has 7 heteroatoms. The number of carbonyl (C=O) groups is 1. The van der Waals surface area contributed by atoms with Gasteiger partial charge in [-0.2, -0.15) is 0 Å². The van der Waals surface area contributed by atoms with E-state index in [9.17, 15) is 20.0 Å². The third-order valence-corrected chi connectivity index (χ3v) is 4.11. The molecule has 0 bridgehead atoms. The second kappa shape index (κ2) is 6.26. The number of aliphatic hydroxyl groups excluding tert-OH is 1. The van der Waals surface area contributed by atoms with Gasteiger partial charge in [-0.05, 0) is 18.8 Å². The molecule has 1 N–H and O–H groups in total. The van der Waals surface area contributed by atoms with E-state index >= 15 is 0 Å². The Morgan fingerprint density at radius 3 is 2.86 bits per heavy atom. The first-order valence-electron chi connectivity index (χ1n) is 7.26. The predicted molar refractivity (Wildman–Crippen MR) is 77.1 cm³/mol. The zero-order chi connectivity index (χ0) is 15.6. The molecule has 1 amide bonds. The Hall–Kier alpha value is -1.89. The van der Waals surface area contributed by atoms with Crippen LogP contribution in [0, 0.1) is 16.0 Å². The number of nitrogens with zero attached hydrogens (tertiary/aromatic N) is 3. The van der Waals surface area contributed by atoms with E-state index in [1.54, 1.807) is 9.47 Å². The number of aliphatic hydroxyl groups is 1. The van der Waals surface area contributed by atoms with Crippen LogP contribution in [0.2, 0.25) is 0 Å². The third-order valence-electron chi connectivity index (χ3n) is 4.11. The van der Waals surface area contributed by atoms with E-state index in [-0.39, 0.29) is 30.2 Å². The van der Waals surface area contributed by atoms with Crippen LogP contribution in [0.25, 0.3) is 0 Å². The minimum atomic E-state index is -0.487. The maximum atomic E-state index is 12.7. The standard InChI is InChI=1S/C14H21N3O4/c1-3-5-15-8-11(17(20)21)7-12(15)14(19)16-6-4-10(2)13(16)9-18/h7-8,10,13,18H,3-6,9H2,1-2H3. The van der Waals surface area contributed by atoms with Crippen LogP contribution >= 0.6 is 0 Å². The minimum Gasteiger partial charge on any atom is -0.394 e. The lowest BCUT2D eigenvalue weighted by molar-refractivity contribution is -0.384. The predicted octanol–water partition coefficient (Wildman–Crippen LogP) is 1.65. The molecule has 1 aromatic heterocycles. The summed E-state index contributed by atoms with van der Waals surface area (Å²) in [6.45, 7) is 5.01. The highest BCUT2D eigenvalue weighted by Crippen LogP contribution is 2.27. The molecule has 7 nitrogen and oxygen atoms in total. The van der Waals surface area contributed by atoms with Crippen molar-refractivity contribution in [2.24, 2.45) is 5.92 Å². The van der Waals surface area contributed by atoms with Crippen molar-refractivity contribution in [3.63, 3.8) is 0 Å². The molecular formula is C14H21N3O4. The minimum absolute atomic E-state index is 0.0698. The van der Waals surface area contributed by atoms with E-state index in [1.807, 2.05) is 13.8 Å². The van der Waals surface area contributed by atoms with Gasteiger partial charge in [0.1, 0.15) is 5.69 Å². The number of aromatic nitrogens is 1. The zero-order valence-electron chi connectivity index (χ0n) is 12.4. The first-order valence-corrected chi connectivity index (χ1v) is 7.26. The van der Waals surface area contributed by atoms with Crippen molar-refractivity contribution < 1.29 is 14.8 Å². The van der Waals surface area contributed by atoms with Crippen LogP contribution in [0.3, 0.4) is 0 Å². The average Bonchev–Trinajstić information content (AvgIpc) is 3.02. The fourth-order valence-electron chi connectivity index (χ4n) is 2.89. The summed E-state index contributed by atoms with van der Waals surface area (Å²) in [4.78, 5) is 24.7. The molecule has 0 aromatic carbocycles. The topological polar surface area (TPSA) is 88.6 Å². The zero-order valence-corrected chi connectivity index (χ0v) is 12.4. The summed E-state index contributed by atoms with van der Waals surface area (Å²) in [6.07, 6.45) is 3.03. The lowest BCUT2D eigenvalue weighted by atomic mass is 10.0. The quantitative estimate of drug-likeness (QED) is 0.660. The molecule has 0 saturated carbocycles. The first kappa shape index (κ1) is 15.5. The van der Waals surface area contributed by atoms with Gasteiger partial charge in [0.15, 0.2) is 0 Å². The largest absolute Gasteiger partial charge is 0.394 e. The van der Waals surface area contributed by atoms with E-state index in [1.165, 1.54) is 12.3 Å². The number of hydrogen-bond donors (Lipinski definition) is 1. The highest BCUT2D eigenvalue weighted by Gasteiger charge is 2.36. The Morgan fingerprint density at radius 1 is 1.57 bits per heavy atom. The smallest absolute Gasteiger partial charge is 0.287 e. The van der Waals surface area contributed by atoms with Gasteiger partial charge < -0.3 is 14.6 Å². The molecule has 0 radical (unpaired) electrons. The van der Waals surface area contributed by atoms with Crippen LogP contribution in [-0.4, -0.2) is 44.6 Å². The third kappa shape index (κ3) is 2.92. The van der Waals surface area contributed by atoms with Gasteiger partial charge >= 0.3 is 0 Å². The van der Waals surface area contributed by atoms with Crippen LogP contribution in [0.1, 0.15) is 37.2 Å². The van der Waals surface area contributed by atoms with E-state index in [0.717, 1.165) is 12.8 Å². The summed E-state index contributed by atoms with van der Waals surface area (Å²) in [5.41, 5.74) is 0.260. The summed E-state index contributed by atoms with van der Waals surface area (Å²) in [5.74, 6) is 0.00322. The van der Waals surface area contributed by atoms with Gasteiger partial charge in [-0.3, -0.25) is 14.9 Å². The highest BCUT2D eigenvalue weighted by atomic mass is 16.6. The van der Waals surface area contributed by atoms with Crippen molar-refractivity contribution in [2.75, 3.05) is 13.2 Å². The van der Waals surface area contributed by atoms with E-state index in [2.05, 4.69) is 0 Å². The summed E-state index contributed by atoms with van der Waals surface area (Å²) >= 11 is 0. The number of likely N-dealkylation sites (tertiary alicyclic amines) is 1. The molecule has 1 saturated heterocycles. The lowest BCUT2D eigenvalue weighted by Crippen LogP contribution is -2.40. The Morgan fingerprint density at radius 2 is 2.29 bits per heavy atom. The van der Waals surface area contributed by atoms with Crippen molar-refractivity contribution in [3.05, 3.63) is 28.1 Å². The summed E-state index contributed by atoms with van der Waals surface area (Å²) in [6, 6.07) is 1.12. The number of aryl methyl sites for hydroxylation is 1. The summed E-state index contributed by atoms with van der Waals surface area (Å²) in [7, 11) is 0. The summed E-state index contributed by atoms with van der Waals surface area (Å²) < 4.78 is 1.64. The second-order valence-electron chi connectivity index (χ2n) is 5.55. The van der Waals surface area contributed by atoms with Crippen molar-refractivity contribution in [1.29, 1.82) is 0 Å². The monoisotopic (exact) mass is 295 g/mol. The molecule has 0 spiro atoms. The number of hydrogen-bond acceptors (Lipinski definition) is 4. The van der Waals surface area contributed by atoms with Crippen LogP contribution < -0.4 is 0 Å². The van der Waals surface area contributed by atoms with Crippen molar-refractivity contribution in [1.82, 2.24) is 9.47 Å². The molecule has 21 heavy (non-hydrogen) atoms. The Labute approximate surface area is 123 Å². The molecule has 116 valence electrons. The Balaban J connectivity index is 2.31. The molecule has 2 rings (SSSR count). The lowest BCUT2D eigenvalue weighted by Gasteiger charge is -2.25. The Kier molecular flexibility index (Phi) is 4.62. The summed E-state index contributed by atoms with van der Waals surface area (Å²) in [5, 5.41) is 20.4. The van der Waals surface area contributed by atoms with E-state index in [4.69, 9.17) is 0 Å². The first-order chi connectivity index (χ1) is 9.99. The van der Waals surface area contributed by atoms with Gasteiger partial charge in [0.25, 0.3) is 11.6 Å². The van der Waals surface area contributed by atoms with Gasteiger partial charge in [0.2, 0.25) is 0 Å². The number of amides is 1. The molecule has 2 atom stereocenters. The second-order valence-corrected chi connectivity index (χ2v) is 5.55. The molecule has 1 fully saturated rings. The van der Waals surface area contributed by atoms with Gasteiger partial charge in [-0.25, -0.2) is 0 Å². The van der Waals surface area contributed by atoms with Gasteiger partial charge in [-0.15, -0.1) is 0 Å². The van der Waals surface area contributed by atoms with Gasteiger partial charge in [0.05, 0.1) is 23.8 Å². The van der Waals surface area contributed by atoms with Crippen molar-refractivity contribution in [3.8, 4) is 0 Å². The van der Waals surface area contributed by atoms with Crippen LogP contribution in [-0.2, 0) is 6.54 Å². The molecule has 2 heterocycles. The SMILES string of the molecule is CCCn1cc([N+](=O)[O-])cc1C(=O)N1CCC(C)C1CO. The number of rotatable bonds is 5. The van der Waals surface area contributed by atoms with Crippen LogP contribution in [0.15, 0.2) is 12.3 Å². The maximum absolute atomic E-state index is 12.7. The molecular weight excluding hydrogens is 274 g/mol. The maximum Gasteiger partial charge on any atom is 0.287 e. The van der Waals surface area contributed by atoms with Gasteiger partial charge in [0, 0.05) is 19.2 Å². The van der Waals surface area contributed by atoms with Crippen LogP contribution in [0.5, 0.6) is 0 Å². The number of nitro groups is 1. The fourth-order valence-corrected chi connectivity index (χ4v) is 2.89. The van der Waals surface area contributed by atoms with Crippen molar-refractivity contribution >= 4 is 11.6 Å². The molecule has 1 aliphatic rings. The van der Waals surface area contributed by atoms with E-state index < -0.39 is 4.92 Å². The highest BCUT2D eigenvalue weighted by molar-refractivity contribution is 5.94. The average molecular weight is 295 g/mol. The molecule has 1 aliphatic heterocycles. The molecule has 2 unspecified atom stereocenters. The molecule has 0 aliphatic carbocycles. The fraction of sp³-hybridized carbons (Fsp3) is 0.643. The van der Waals surface area contributed by atoms with Crippen LogP contribution in [0.4, 0.5) is 5.69 Å².